The molecule has 2 aromatic heterocycles. The van der Waals surface area contributed by atoms with Crippen LogP contribution in [0.15, 0.2) is 30.6 Å². The molecule has 0 aliphatic rings. The lowest BCUT2D eigenvalue weighted by Gasteiger charge is -2.06. The van der Waals surface area contributed by atoms with Gasteiger partial charge in [-0.25, -0.2) is 9.97 Å². The lowest BCUT2D eigenvalue weighted by atomic mass is 10.3. The fourth-order valence-electron chi connectivity index (χ4n) is 2.36. The summed E-state index contributed by atoms with van der Waals surface area (Å²) in [6.45, 7) is 4.41. The van der Waals surface area contributed by atoms with E-state index in [4.69, 9.17) is 0 Å². The standard InChI is InChI=1S/C14H18N6/c1-3-20-12-7-5-4-6-11(12)17-14(20)9-15-8-13-16-10-19(2)18-13/h4-7,10,15H,3,8-9H2,1-2H3. The first-order valence-electron chi connectivity index (χ1n) is 6.77. The van der Waals surface area contributed by atoms with Gasteiger partial charge in [0.05, 0.1) is 24.1 Å². The van der Waals surface area contributed by atoms with Gasteiger partial charge in [0.1, 0.15) is 12.2 Å². The number of imidazole rings is 1. The van der Waals surface area contributed by atoms with Crippen molar-refractivity contribution < 1.29 is 0 Å². The molecule has 3 rings (SSSR count). The van der Waals surface area contributed by atoms with Crippen LogP contribution in [0.5, 0.6) is 0 Å². The van der Waals surface area contributed by atoms with Gasteiger partial charge in [-0.3, -0.25) is 4.68 Å². The molecule has 0 saturated carbocycles. The van der Waals surface area contributed by atoms with E-state index in [0.717, 1.165) is 23.7 Å². The van der Waals surface area contributed by atoms with Crippen molar-refractivity contribution in [3.05, 3.63) is 42.2 Å². The zero-order valence-electron chi connectivity index (χ0n) is 11.7. The Hall–Kier alpha value is -2.21. The van der Waals surface area contributed by atoms with Crippen LogP contribution in [0.3, 0.4) is 0 Å². The molecular formula is C14H18N6. The second-order valence-corrected chi connectivity index (χ2v) is 4.70. The number of hydrogen-bond acceptors (Lipinski definition) is 4. The number of benzene rings is 1. The third-order valence-corrected chi connectivity index (χ3v) is 3.26. The molecule has 6 nitrogen and oxygen atoms in total. The highest BCUT2D eigenvalue weighted by Crippen LogP contribution is 2.15. The van der Waals surface area contributed by atoms with E-state index in [0.29, 0.717) is 13.1 Å². The molecule has 2 heterocycles. The van der Waals surface area contributed by atoms with Crippen molar-refractivity contribution in [2.45, 2.75) is 26.6 Å². The second-order valence-electron chi connectivity index (χ2n) is 4.70. The van der Waals surface area contributed by atoms with Crippen LogP contribution >= 0.6 is 0 Å². The summed E-state index contributed by atoms with van der Waals surface area (Å²) in [5.41, 5.74) is 2.23. The van der Waals surface area contributed by atoms with Gasteiger partial charge < -0.3 is 9.88 Å². The molecule has 0 unspecified atom stereocenters. The second kappa shape index (κ2) is 5.42. The van der Waals surface area contributed by atoms with E-state index in [9.17, 15) is 0 Å². The molecule has 0 spiro atoms. The largest absolute Gasteiger partial charge is 0.327 e. The van der Waals surface area contributed by atoms with Crippen LogP contribution in [0.1, 0.15) is 18.6 Å². The summed E-state index contributed by atoms with van der Waals surface area (Å²) in [4.78, 5) is 8.87. The molecule has 0 amide bonds. The number of hydrogen-bond donors (Lipinski definition) is 1. The van der Waals surface area contributed by atoms with Gasteiger partial charge in [0.2, 0.25) is 0 Å². The van der Waals surface area contributed by atoms with Crippen molar-refractivity contribution >= 4 is 11.0 Å². The Labute approximate surface area is 117 Å². The summed E-state index contributed by atoms with van der Waals surface area (Å²) >= 11 is 0. The average molecular weight is 270 g/mol. The van der Waals surface area contributed by atoms with Gasteiger partial charge in [0.25, 0.3) is 0 Å². The number of fused-ring (bicyclic) bond motifs is 1. The number of para-hydroxylation sites is 2. The topological polar surface area (TPSA) is 60.6 Å². The van der Waals surface area contributed by atoms with E-state index in [1.165, 1.54) is 5.52 Å². The van der Waals surface area contributed by atoms with E-state index in [-0.39, 0.29) is 0 Å². The molecular weight excluding hydrogens is 252 g/mol. The Kier molecular flexibility index (Phi) is 3.47. The third-order valence-electron chi connectivity index (χ3n) is 3.26. The third kappa shape index (κ3) is 2.42. The van der Waals surface area contributed by atoms with E-state index in [1.807, 2.05) is 25.2 Å². The number of nitrogens with one attached hydrogen (secondary N) is 1. The highest BCUT2D eigenvalue weighted by molar-refractivity contribution is 5.75. The normalized spacial score (nSPS) is 11.3. The van der Waals surface area contributed by atoms with Crippen LogP contribution in [0.25, 0.3) is 11.0 Å². The summed E-state index contributed by atoms with van der Waals surface area (Å²) in [7, 11) is 1.87. The minimum atomic E-state index is 0.647. The van der Waals surface area contributed by atoms with Crippen molar-refractivity contribution in [3.8, 4) is 0 Å². The van der Waals surface area contributed by atoms with Crippen LogP contribution < -0.4 is 5.32 Å². The van der Waals surface area contributed by atoms with Crippen LogP contribution in [-0.4, -0.2) is 24.3 Å². The van der Waals surface area contributed by atoms with Crippen LogP contribution in [0.2, 0.25) is 0 Å². The molecule has 1 aromatic carbocycles. The summed E-state index contributed by atoms with van der Waals surface area (Å²) in [5, 5.41) is 7.59. The lowest BCUT2D eigenvalue weighted by molar-refractivity contribution is 0.601. The first-order chi connectivity index (χ1) is 9.78. The number of rotatable bonds is 5. The minimum absolute atomic E-state index is 0.647. The summed E-state index contributed by atoms with van der Waals surface area (Å²) in [6.07, 6.45) is 1.71. The van der Waals surface area contributed by atoms with Gasteiger partial charge in [-0.05, 0) is 19.1 Å². The van der Waals surface area contributed by atoms with E-state index < -0.39 is 0 Å². The molecule has 104 valence electrons. The molecule has 3 aromatic rings. The fraction of sp³-hybridized carbons (Fsp3) is 0.357. The monoisotopic (exact) mass is 270 g/mol. The van der Waals surface area contributed by atoms with Gasteiger partial charge >= 0.3 is 0 Å². The summed E-state index contributed by atoms with van der Waals surface area (Å²) in [5.74, 6) is 1.84. The Morgan fingerprint density at radius 1 is 1.20 bits per heavy atom. The first kappa shape index (κ1) is 12.8. The summed E-state index contributed by atoms with van der Waals surface area (Å²) < 4.78 is 3.94. The van der Waals surface area contributed by atoms with Crippen molar-refractivity contribution in [3.63, 3.8) is 0 Å². The number of aromatic nitrogens is 5. The zero-order chi connectivity index (χ0) is 13.9. The van der Waals surface area contributed by atoms with E-state index >= 15 is 0 Å². The molecule has 0 aliphatic heterocycles. The van der Waals surface area contributed by atoms with Gasteiger partial charge in [0.15, 0.2) is 5.82 Å². The van der Waals surface area contributed by atoms with Gasteiger partial charge in [-0.1, -0.05) is 12.1 Å². The predicted molar refractivity (Wildman–Crippen MR) is 77.0 cm³/mol. The lowest BCUT2D eigenvalue weighted by Crippen LogP contribution is -2.17. The fourth-order valence-corrected chi connectivity index (χ4v) is 2.36. The summed E-state index contributed by atoms with van der Waals surface area (Å²) in [6, 6.07) is 8.22. The first-order valence-corrected chi connectivity index (χ1v) is 6.77. The highest BCUT2D eigenvalue weighted by Gasteiger charge is 2.08. The molecule has 1 N–H and O–H groups in total. The predicted octanol–water partition coefficient (Wildman–Crippen LogP) is 1.47. The molecule has 0 fully saturated rings. The molecule has 0 bridgehead atoms. The molecule has 20 heavy (non-hydrogen) atoms. The van der Waals surface area contributed by atoms with E-state index in [2.05, 4.69) is 37.9 Å². The van der Waals surface area contributed by atoms with E-state index in [1.54, 1.807) is 11.0 Å². The van der Waals surface area contributed by atoms with Gasteiger partial charge in [-0.2, -0.15) is 5.10 Å². The molecule has 0 aliphatic carbocycles. The number of nitrogens with zero attached hydrogens (tertiary/aromatic N) is 5. The highest BCUT2D eigenvalue weighted by atomic mass is 15.3. The molecule has 0 saturated heterocycles. The quantitative estimate of drug-likeness (QED) is 0.763. The van der Waals surface area contributed by atoms with Crippen LogP contribution in [0, 0.1) is 0 Å². The van der Waals surface area contributed by atoms with Gasteiger partial charge in [0, 0.05) is 13.6 Å². The Balaban J connectivity index is 1.73. The van der Waals surface area contributed by atoms with Crippen LogP contribution in [0.4, 0.5) is 0 Å². The Bertz CT molecular complexity index is 711. The van der Waals surface area contributed by atoms with Crippen molar-refractivity contribution in [1.29, 1.82) is 0 Å². The van der Waals surface area contributed by atoms with Crippen LogP contribution in [-0.2, 0) is 26.7 Å². The molecule has 6 heteroatoms. The number of aryl methyl sites for hydroxylation is 2. The SMILES string of the molecule is CCn1c(CNCc2ncn(C)n2)nc2ccccc21. The zero-order valence-corrected chi connectivity index (χ0v) is 11.7. The van der Waals surface area contributed by atoms with Crippen molar-refractivity contribution in [2.24, 2.45) is 7.05 Å². The smallest absolute Gasteiger partial charge is 0.164 e. The molecule has 0 radical (unpaired) electrons. The van der Waals surface area contributed by atoms with Crippen molar-refractivity contribution in [1.82, 2.24) is 29.6 Å². The maximum atomic E-state index is 4.67. The molecule has 0 atom stereocenters. The van der Waals surface area contributed by atoms with Crippen molar-refractivity contribution in [2.75, 3.05) is 0 Å². The maximum Gasteiger partial charge on any atom is 0.164 e. The minimum Gasteiger partial charge on any atom is -0.327 e. The Morgan fingerprint density at radius 3 is 2.80 bits per heavy atom. The van der Waals surface area contributed by atoms with Gasteiger partial charge in [-0.15, -0.1) is 0 Å². The average Bonchev–Trinajstić information content (AvgIpc) is 3.02. The Morgan fingerprint density at radius 2 is 2.05 bits per heavy atom. The maximum absolute atomic E-state index is 4.67.